The van der Waals surface area contributed by atoms with E-state index in [-0.39, 0.29) is 52.3 Å². The topological polar surface area (TPSA) is 133 Å². The molecule has 1 aromatic rings. The van der Waals surface area contributed by atoms with Crippen LogP contribution in [0.15, 0.2) is 69.6 Å². The number of hydrogen-bond acceptors (Lipinski definition) is 6. The molecule has 1 aliphatic heterocycles. The van der Waals surface area contributed by atoms with Gasteiger partial charge in [-0.2, -0.15) is 0 Å². The summed E-state index contributed by atoms with van der Waals surface area (Å²) in [5.74, 6) is -1.08. The number of carboxylic acid groups (broad SMARTS) is 1. The molecule has 0 bridgehead atoms. The second kappa shape index (κ2) is 14.5. The summed E-state index contributed by atoms with van der Waals surface area (Å²) in [5.41, 5.74) is 1.52. The van der Waals surface area contributed by atoms with Crippen LogP contribution in [0.4, 0.5) is 0 Å². The van der Waals surface area contributed by atoms with Crippen molar-refractivity contribution in [3.8, 4) is 0 Å². The lowest BCUT2D eigenvalue weighted by Crippen LogP contribution is -2.55. The Labute approximate surface area is 286 Å². The van der Waals surface area contributed by atoms with Crippen LogP contribution >= 0.6 is 0 Å². The fourth-order valence-electron chi connectivity index (χ4n) is 6.99. The van der Waals surface area contributed by atoms with Crippen LogP contribution in [0, 0.1) is 16.7 Å². The third kappa shape index (κ3) is 8.73. The Bertz CT molecular complexity index is 1630. The summed E-state index contributed by atoms with van der Waals surface area (Å²) in [6.45, 7) is 15.0. The highest BCUT2D eigenvalue weighted by atomic mass is 32.2. The van der Waals surface area contributed by atoms with Crippen molar-refractivity contribution in [3.63, 3.8) is 0 Å². The highest BCUT2D eigenvalue weighted by molar-refractivity contribution is 7.91. The van der Waals surface area contributed by atoms with Crippen LogP contribution < -0.4 is 5.32 Å². The van der Waals surface area contributed by atoms with E-state index in [0.717, 1.165) is 24.8 Å². The van der Waals surface area contributed by atoms with Gasteiger partial charge in [0.25, 0.3) is 11.8 Å². The molecule has 48 heavy (non-hydrogen) atoms. The molecular weight excluding hydrogens is 627 g/mol. The molecule has 10 heteroatoms. The molecule has 0 aromatic heterocycles. The van der Waals surface area contributed by atoms with Crippen LogP contribution in [0.25, 0.3) is 0 Å². The Morgan fingerprint density at radius 2 is 1.77 bits per heavy atom. The van der Waals surface area contributed by atoms with E-state index in [9.17, 15) is 22.8 Å². The third-order valence-electron chi connectivity index (χ3n) is 9.94. The average molecular weight is 680 g/mol. The van der Waals surface area contributed by atoms with Crippen molar-refractivity contribution in [2.75, 3.05) is 12.3 Å². The number of benzene rings is 1. The van der Waals surface area contributed by atoms with Crippen molar-refractivity contribution < 1.29 is 27.9 Å². The SMILES string of the molecule is CCS(=O)(=O)c1cccc(C2=NC3(CCC(C(C)(C)C)CC3)N(C(CCC(C)(C)C)C3=CCC=C(C(=O)NCCC(=O)O)C=C3)C2=O)c1. The van der Waals surface area contributed by atoms with E-state index in [2.05, 4.69) is 52.9 Å². The van der Waals surface area contributed by atoms with Gasteiger partial charge in [-0.1, -0.05) is 78.8 Å². The van der Waals surface area contributed by atoms with Crippen molar-refractivity contribution in [2.45, 2.75) is 116 Å². The predicted octanol–water partition coefficient (Wildman–Crippen LogP) is 6.64. The summed E-state index contributed by atoms with van der Waals surface area (Å²) < 4.78 is 25.6. The number of carbonyl (C=O) groups is 3. The van der Waals surface area contributed by atoms with Gasteiger partial charge in [0.1, 0.15) is 11.4 Å². The molecule has 2 aliphatic carbocycles. The summed E-state index contributed by atoms with van der Waals surface area (Å²) in [6.07, 6.45) is 12.6. The van der Waals surface area contributed by atoms with E-state index in [1.54, 1.807) is 37.3 Å². The third-order valence-corrected chi connectivity index (χ3v) is 11.7. The van der Waals surface area contributed by atoms with Gasteiger partial charge in [-0.3, -0.25) is 19.4 Å². The maximum Gasteiger partial charge on any atom is 0.305 e. The van der Waals surface area contributed by atoms with Gasteiger partial charge in [0.05, 0.1) is 23.1 Å². The molecule has 4 rings (SSSR count). The monoisotopic (exact) mass is 679 g/mol. The Kier molecular flexibility index (Phi) is 11.3. The molecule has 1 heterocycles. The number of carboxylic acids is 1. The number of nitrogens with zero attached hydrogens (tertiary/aromatic N) is 2. The molecule has 2 N–H and O–H groups in total. The van der Waals surface area contributed by atoms with Crippen LogP contribution in [0.5, 0.6) is 0 Å². The molecule has 1 atom stereocenters. The van der Waals surface area contributed by atoms with Crippen LogP contribution in [-0.4, -0.2) is 65.9 Å². The second-order valence-electron chi connectivity index (χ2n) is 15.6. The van der Waals surface area contributed by atoms with Gasteiger partial charge in [0.2, 0.25) is 0 Å². The predicted molar refractivity (Wildman–Crippen MR) is 189 cm³/mol. The highest BCUT2D eigenvalue weighted by Crippen LogP contribution is 2.49. The Balaban J connectivity index is 1.76. The lowest BCUT2D eigenvalue weighted by atomic mass is 9.69. The number of aliphatic imine (C=N–C) groups is 1. The minimum atomic E-state index is -3.49. The van der Waals surface area contributed by atoms with Gasteiger partial charge in [0.15, 0.2) is 9.84 Å². The molecule has 0 saturated heterocycles. The Hall–Kier alpha value is -3.53. The number of aliphatic carboxylic acids is 1. The van der Waals surface area contributed by atoms with Crippen molar-refractivity contribution in [1.29, 1.82) is 0 Å². The first-order chi connectivity index (χ1) is 22.4. The summed E-state index contributed by atoms with van der Waals surface area (Å²) in [5, 5.41) is 11.6. The molecule has 1 saturated carbocycles. The maximum atomic E-state index is 14.8. The normalized spacial score (nSPS) is 22.6. The molecular formula is C38H53N3O6S. The maximum absolute atomic E-state index is 14.8. The van der Waals surface area contributed by atoms with Crippen LogP contribution in [0.3, 0.4) is 0 Å². The van der Waals surface area contributed by atoms with Crippen molar-refractivity contribution in [1.82, 2.24) is 10.2 Å². The second-order valence-corrected chi connectivity index (χ2v) is 17.9. The first-order valence-electron chi connectivity index (χ1n) is 17.2. The minimum absolute atomic E-state index is 0.00689. The zero-order valence-electron chi connectivity index (χ0n) is 29.6. The quantitative estimate of drug-likeness (QED) is 0.269. The first kappa shape index (κ1) is 37.3. The van der Waals surface area contributed by atoms with E-state index in [1.807, 2.05) is 17.1 Å². The van der Waals surface area contributed by atoms with Crippen LogP contribution in [-0.2, 0) is 24.2 Å². The fourth-order valence-corrected chi connectivity index (χ4v) is 7.92. The van der Waals surface area contributed by atoms with Gasteiger partial charge in [-0.15, -0.1) is 0 Å². The van der Waals surface area contributed by atoms with E-state index in [4.69, 9.17) is 10.1 Å². The van der Waals surface area contributed by atoms with Crippen molar-refractivity contribution in [3.05, 3.63) is 65.3 Å². The standard InChI is InChI=1S/C38H53N3O6S/c1-8-48(46,47)30-14-10-13-28(25-30)33-35(45)41(38(40-33)22-17-29(18-23-38)37(5,6)7)31(19-21-36(2,3)4)26-11-9-12-27(16-15-26)34(44)39-24-20-32(42)43/h10-16,25,29,31H,8-9,17-24H2,1-7H3,(H,39,44)(H,42,43). The molecule has 1 unspecified atom stereocenters. The van der Waals surface area contributed by atoms with Crippen molar-refractivity contribution in [2.24, 2.45) is 21.7 Å². The zero-order chi connectivity index (χ0) is 35.5. The lowest BCUT2D eigenvalue weighted by molar-refractivity contribution is -0.137. The molecule has 1 aromatic carbocycles. The molecule has 262 valence electrons. The summed E-state index contributed by atoms with van der Waals surface area (Å²) in [6, 6.07) is 6.28. The summed E-state index contributed by atoms with van der Waals surface area (Å²) in [4.78, 5) is 46.1. The molecule has 2 amide bonds. The number of nitrogens with one attached hydrogen (secondary N) is 1. The minimum Gasteiger partial charge on any atom is -0.481 e. The largest absolute Gasteiger partial charge is 0.481 e. The number of hydrogen-bond donors (Lipinski definition) is 2. The molecule has 1 fully saturated rings. The first-order valence-corrected chi connectivity index (χ1v) is 18.9. The number of sulfone groups is 1. The molecule has 3 aliphatic rings. The van der Waals surface area contributed by atoms with Crippen LogP contribution in [0.2, 0.25) is 0 Å². The number of carbonyl (C=O) groups excluding carboxylic acids is 2. The van der Waals surface area contributed by atoms with Gasteiger partial charge in [-0.25, -0.2) is 8.42 Å². The highest BCUT2D eigenvalue weighted by Gasteiger charge is 2.53. The van der Waals surface area contributed by atoms with Gasteiger partial charge < -0.3 is 15.3 Å². The number of allylic oxidation sites excluding steroid dienone is 2. The average Bonchev–Trinajstić information content (AvgIpc) is 3.14. The summed E-state index contributed by atoms with van der Waals surface area (Å²) >= 11 is 0. The zero-order valence-corrected chi connectivity index (χ0v) is 30.5. The Morgan fingerprint density at radius 3 is 2.38 bits per heavy atom. The van der Waals surface area contributed by atoms with E-state index in [1.165, 1.54) is 0 Å². The molecule has 9 nitrogen and oxygen atoms in total. The molecule has 0 radical (unpaired) electrons. The van der Waals surface area contributed by atoms with Gasteiger partial charge in [-0.05, 0) is 85.5 Å². The molecule has 1 spiro atoms. The summed E-state index contributed by atoms with van der Waals surface area (Å²) in [7, 11) is -3.49. The van der Waals surface area contributed by atoms with E-state index < -0.39 is 21.5 Å². The Morgan fingerprint density at radius 1 is 1.08 bits per heavy atom. The lowest BCUT2D eigenvalue weighted by Gasteiger charge is -2.48. The van der Waals surface area contributed by atoms with Gasteiger partial charge in [0, 0.05) is 17.7 Å². The van der Waals surface area contributed by atoms with Crippen LogP contribution in [0.1, 0.15) is 105 Å². The van der Waals surface area contributed by atoms with E-state index in [0.29, 0.717) is 48.4 Å². The number of rotatable bonds is 11. The van der Waals surface area contributed by atoms with E-state index >= 15 is 0 Å². The van der Waals surface area contributed by atoms with Crippen molar-refractivity contribution >= 4 is 33.3 Å². The smallest absolute Gasteiger partial charge is 0.305 e. The van der Waals surface area contributed by atoms with Gasteiger partial charge >= 0.3 is 5.97 Å². The number of amides is 2. The fraction of sp³-hybridized carbons (Fsp3) is 0.579.